The molecule has 1 heterocycles. The van der Waals surface area contributed by atoms with Gasteiger partial charge in [-0.1, -0.05) is 56.3 Å². The number of aromatic carboxylic acids is 1. The Bertz CT molecular complexity index is 1080. The Balaban J connectivity index is 1.89. The first-order valence-electron chi connectivity index (χ1n) is 8.95. The summed E-state index contributed by atoms with van der Waals surface area (Å²) in [5.41, 5.74) is 0.766. The second kappa shape index (κ2) is 8.04. The molecule has 3 rings (SSSR count). The predicted octanol–water partition coefficient (Wildman–Crippen LogP) is 1.35. The van der Waals surface area contributed by atoms with Gasteiger partial charge >= 0.3 is 0 Å². The molecule has 1 amide bonds. The van der Waals surface area contributed by atoms with Crippen molar-refractivity contribution in [3.05, 3.63) is 75.7 Å². The number of hydrogen-bond acceptors (Lipinski definition) is 5. The van der Waals surface area contributed by atoms with E-state index in [0.29, 0.717) is 17.3 Å². The molecule has 0 unspecified atom stereocenters. The van der Waals surface area contributed by atoms with Crippen molar-refractivity contribution in [1.82, 2.24) is 15.1 Å². The monoisotopic (exact) mass is 378 g/mol. The van der Waals surface area contributed by atoms with Gasteiger partial charge in [0.2, 0.25) is 0 Å². The molecule has 0 spiro atoms. The summed E-state index contributed by atoms with van der Waals surface area (Å²) in [5, 5.41) is 18.8. The molecule has 0 atom stereocenters. The highest BCUT2D eigenvalue weighted by Crippen LogP contribution is 2.14. The number of hydrogen-bond donors (Lipinski definition) is 1. The van der Waals surface area contributed by atoms with Crippen LogP contribution < -0.4 is 16.0 Å². The highest BCUT2D eigenvalue weighted by Gasteiger charge is 2.17. The number of nitrogens with one attached hydrogen (secondary N) is 1. The predicted molar refractivity (Wildman–Crippen MR) is 103 cm³/mol. The van der Waals surface area contributed by atoms with Crippen LogP contribution in [-0.2, 0) is 13.1 Å². The van der Waals surface area contributed by atoms with Crippen LogP contribution in [0.3, 0.4) is 0 Å². The molecule has 3 aromatic rings. The van der Waals surface area contributed by atoms with E-state index in [2.05, 4.69) is 10.4 Å². The maximum Gasteiger partial charge on any atom is 0.274 e. The van der Waals surface area contributed by atoms with Crippen LogP contribution >= 0.6 is 0 Å². The Morgan fingerprint density at radius 2 is 1.71 bits per heavy atom. The van der Waals surface area contributed by atoms with Crippen LogP contribution in [0.15, 0.2) is 53.3 Å². The molecule has 0 saturated heterocycles. The summed E-state index contributed by atoms with van der Waals surface area (Å²) in [6.45, 7) is 4.55. The van der Waals surface area contributed by atoms with Gasteiger partial charge in [0.05, 0.1) is 11.4 Å². The van der Waals surface area contributed by atoms with Gasteiger partial charge in [-0.05, 0) is 23.1 Å². The number of rotatable bonds is 6. The summed E-state index contributed by atoms with van der Waals surface area (Å²) in [6.07, 6.45) is 0. The zero-order valence-corrected chi connectivity index (χ0v) is 15.6. The van der Waals surface area contributed by atoms with Gasteiger partial charge in [-0.25, -0.2) is 4.68 Å². The molecule has 0 radical (unpaired) electrons. The fourth-order valence-corrected chi connectivity index (χ4v) is 2.90. The fraction of sp³-hybridized carbons (Fsp3) is 0.238. The van der Waals surface area contributed by atoms with Crippen molar-refractivity contribution in [1.29, 1.82) is 0 Å². The summed E-state index contributed by atoms with van der Waals surface area (Å²) < 4.78 is 1.33. The quantitative estimate of drug-likeness (QED) is 0.697. The number of aromatic nitrogens is 2. The van der Waals surface area contributed by atoms with Gasteiger partial charge in [0.15, 0.2) is 5.69 Å². The Hall–Kier alpha value is -3.48. The minimum absolute atomic E-state index is 0.0727. The molecule has 0 fully saturated rings. The first kappa shape index (κ1) is 19.3. The van der Waals surface area contributed by atoms with E-state index in [1.165, 1.54) is 16.8 Å². The number of nitrogens with zero attached hydrogens (tertiary/aromatic N) is 2. The van der Waals surface area contributed by atoms with Crippen LogP contribution in [0.25, 0.3) is 10.8 Å². The average Bonchev–Trinajstić information content (AvgIpc) is 2.68. The summed E-state index contributed by atoms with van der Waals surface area (Å²) in [5.74, 6) is -1.46. The van der Waals surface area contributed by atoms with E-state index in [1.807, 2.05) is 13.8 Å². The van der Waals surface area contributed by atoms with Crippen molar-refractivity contribution in [2.45, 2.75) is 26.9 Å². The second-order valence-corrected chi connectivity index (χ2v) is 6.94. The number of carbonyl (C=O) groups excluding carboxylic acids is 2. The van der Waals surface area contributed by atoms with E-state index in [9.17, 15) is 19.5 Å². The lowest BCUT2D eigenvalue weighted by Gasteiger charge is -2.13. The van der Waals surface area contributed by atoms with Gasteiger partial charge in [0.1, 0.15) is 0 Å². The minimum atomic E-state index is -1.25. The number of fused-ring (bicyclic) bond motifs is 1. The lowest BCUT2D eigenvalue weighted by Crippen LogP contribution is -2.31. The van der Waals surface area contributed by atoms with E-state index in [4.69, 9.17) is 0 Å². The van der Waals surface area contributed by atoms with Crippen LogP contribution in [0.5, 0.6) is 0 Å². The van der Waals surface area contributed by atoms with Gasteiger partial charge in [0.25, 0.3) is 11.5 Å². The lowest BCUT2D eigenvalue weighted by molar-refractivity contribution is -0.255. The number of amides is 1. The Kier molecular flexibility index (Phi) is 5.54. The molecule has 144 valence electrons. The van der Waals surface area contributed by atoms with E-state index < -0.39 is 11.9 Å². The fourth-order valence-electron chi connectivity index (χ4n) is 2.90. The van der Waals surface area contributed by atoms with E-state index in [1.54, 1.807) is 36.4 Å². The molecule has 0 saturated carbocycles. The van der Waals surface area contributed by atoms with Crippen molar-refractivity contribution < 1.29 is 14.7 Å². The van der Waals surface area contributed by atoms with Crippen LogP contribution in [0.4, 0.5) is 0 Å². The molecular weight excluding hydrogens is 358 g/mol. The molecule has 2 aromatic carbocycles. The highest BCUT2D eigenvalue weighted by atomic mass is 16.4. The number of carboxylic acid groups (broad SMARTS) is 1. The van der Waals surface area contributed by atoms with Crippen molar-refractivity contribution in [3.8, 4) is 0 Å². The van der Waals surface area contributed by atoms with Gasteiger partial charge in [-0.2, -0.15) is 5.10 Å². The van der Waals surface area contributed by atoms with Gasteiger partial charge in [-0.15, -0.1) is 0 Å². The molecule has 0 aliphatic carbocycles. The maximum atomic E-state index is 12.8. The molecule has 0 aliphatic heterocycles. The zero-order chi connectivity index (χ0) is 20.3. The summed E-state index contributed by atoms with van der Waals surface area (Å²) in [7, 11) is 0. The maximum absolute atomic E-state index is 12.8. The molecule has 0 bridgehead atoms. The molecule has 7 heteroatoms. The van der Waals surface area contributed by atoms with Crippen molar-refractivity contribution in [3.63, 3.8) is 0 Å². The van der Waals surface area contributed by atoms with Crippen LogP contribution in [-0.4, -0.2) is 21.7 Å². The third-order valence-electron chi connectivity index (χ3n) is 4.26. The van der Waals surface area contributed by atoms with E-state index in [-0.39, 0.29) is 29.3 Å². The van der Waals surface area contributed by atoms with Gasteiger partial charge in [-0.3, -0.25) is 9.59 Å². The normalized spacial score (nSPS) is 11.0. The summed E-state index contributed by atoms with van der Waals surface area (Å²) >= 11 is 0. The van der Waals surface area contributed by atoms with E-state index in [0.717, 1.165) is 5.56 Å². The number of carbonyl (C=O) groups is 2. The van der Waals surface area contributed by atoms with Crippen molar-refractivity contribution >= 4 is 22.6 Å². The SMILES string of the molecule is CC(C)Cn1nc(C(=O)NCc2ccc(C(=O)[O-])cc2)c2ccccc2c1=O. The molecule has 1 aromatic heterocycles. The molecule has 7 nitrogen and oxygen atoms in total. The third-order valence-corrected chi connectivity index (χ3v) is 4.26. The van der Waals surface area contributed by atoms with E-state index >= 15 is 0 Å². The van der Waals surface area contributed by atoms with Crippen molar-refractivity contribution in [2.24, 2.45) is 5.92 Å². The second-order valence-electron chi connectivity index (χ2n) is 6.94. The van der Waals surface area contributed by atoms with Crippen LogP contribution in [0.2, 0.25) is 0 Å². The molecule has 0 aliphatic rings. The highest BCUT2D eigenvalue weighted by molar-refractivity contribution is 6.04. The number of carboxylic acids is 1. The molecular formula is C21H20N3O4-. The Morgan fingerprint density at radius 3 is 2.32 bits per heavy atom. The first-order valence-corrected chi connectivity index (χ1v) is 8.95. The largest absolute Gasteiger partial charge is 0.545 e. The Labute approximate surface area is 161 Å². The molecule has 28 heavy (non-hydrogen) atoms. The molecule has 1 N–H and O–H groups in total. The minimum Gasteiger partial charge on any atom is -0.545 e. The summed E-state index contributed by atoms with van der Waals surface area (Å²) in [6, 6.07) is 13.0. The topological polar surface area (TPSA) is 104 Å². The third kappa shape index (κ3) is 4.09. The first-order chi connectivity index (χ1) is 13.4. The zero-order valence-electron chi connectivity index (χ0n) is 15.6. The smallest absolute Gasteiger partial charge is 0.274 e. The standard InChI is InChI=1S/C21H21N3O4/c1-13(2)12-24-20(26)17-6-4-3-5-16(17)18(23-24)19(25)22-11-14-7-9-15(10-8-14)21(27)28/h3-10,13H,11-12H2,1-2H3,(H,22,25)(H,27,28)/p-1. The van der Waals surface area contributed by atoms with Crippen molar-refractivity contribution in [2.75, 3.05) is 0 Å². The number of benzene rings is 2. The summed E-state index contributed by atoms with van der Waals surface area (Å²) in [4.78, 5) is 36.2. The Morgan fingerprint density at radius 1 is 1.07 bits per heavy atom. The van der Waals surface area contributed by atoms with Crippen LogP contribution in [0.1, 0.15) is 40.3 Å². The van der Waals surface area contributed by atoms with Gasteiger partial charge < -0.3 is 15.2 Å². The van der Waals surface area contributed by atoms with Gasteiger partial charge in [0, 0.05) is 18.5 Å². The average molecular weight is 378 g/mol. The van der Waals surface area contributed by atoms with Crippen LogP contribution in [0, 0.1) is 5.92 Å². The lowest BCUT2D eigenvalue weighted by atomic mass is 10.1.